The van der Waals surface area contributed by atoms with E-state index in [4.69, 9.17) is 16.6 Å². The number of fused-ring (bicyclic) bond motifs is 2. The molecule has 6 nitrogen and oxygen atoms in total. The summed E-state index contributed by atoms with van der Waals surface area (Å²) in [6.45, 7) is 3.57. The van der Waals surface area contributed by atoms with Crippen LogP contribution in [0.5, 0.6) is 0 Å². The maximum Gasteiger partial charge on any atom is 0.179 e. The van der Waals surface area contributed by atoms with Crippen molar-refractivity contribution in [2.24, 2.45) is 0 Å². The molecule has 0 unspecified atom stereocenters. The zero-order chi connectivity index (χ0) is 21.5. The molecule has 7 heteroatoms. The van der Waals surface area contributed by atoms with Gasteiger partial charge in [-0.15, -0.1) is 5.10 Å². The number of carbonyl (C=O) groups excluding carboxylic acids is 1. The molecule has 3 heterocycles. The van der Waals surface area contributed by atoms with E-state index >= 15 is 0 Å². The maximum atomic E-state index is 11.7. The number of rotatable bonds is 4. The monoisotopic (exact) mass is 427 g/mol. The fraction of sp³-hybridized carbons (Fsp3) is 0.125. The van der Waals surface area contributed by atoms with Crippen molar-refractivity contribution in [3.63, 3.8) is 0 Å². The number of hydrogen-bond acceptors (Lipinski definition) is 5. The van der Waals surface area contributed by atoms with E-state index in [0.29, 0.717) is 21.7 Å². The normalized spacial score (nSPS) is 12.4. The Kier molecular flexibility index (Phi) is 4.71. The summed E-state index contributed by atoms with van der Waals surface area (Å²) in [5.41, 5.74) is 5.50. The van der Waals surface area contributed by atoms with E-state index < -0.39 is 0 Å². The first-order valence-electron chi connectivity index (χ1n) is 9.89. The van der Waals surface area contributed by atoms with Crippen LogP contribution in [0.25, 0.3) is 33.3 Å². The molecule has 152 valence electrons. The molecule has 2 aromatic carbocycles. The van der Waals surface area contributed by atoms with Gasteiger partial charge < -0.3 is 0 Å². The number of carbonyl (C=O) groups is 1. The Bertz CT molecular complexity index is 1460. The average molecular weight is 428 g/mol. The predicted molar refractivity (Wildman–Crippen MR) is 121 cm³/mol. The standard InChI is InChI=1S/C24H18ClN5O/c1-14(16-6-8-21-17(12-16)4-3-11-26-21)30-24-23(28-29-30)10-9-22(27-24)18-5-7-19(15(2)31)20(25)13-18/h3-14H,1-2H3/t14-/m1/s1. The number of halogens is 1. The van der Waals surface area contributed by atoms with E-state index in [2.05, 4.69) is 34.4 Å². The van der Waals surface area contributed by atoms with Crippen molar-refractivity contribution in [3.8, 4) is 11.3 Å². The number of benzene rings is 2. The third-order valence-electron chi connectivity index (χ3n) is 5.44. The Labute approximate surface area is 183 Å². The summed E-state index contributed by atoms with van der Waals surface area (Å²) in [6, 6.07) is 19.2. The predicted octanol–water partition coefficient (Wildman–Crippen LogP) is 5.51. The molecule has 5 aromatic rings. The van der Waals surface area contributed by atoms with Crippen molar-refractivity contribution in [1.29, 1.82) is 0 Å². The first-order valence-corrected chi connectivity index (χ1v) is 10.3. The van der Waals surface area contributed by atoms with Gasteiger partial charge in [0, 0.05) is 22.7 Å². The minimum Gasteiger partial charge on any atom is -0.294 e. The zero-order valence-corrected chi connectivity index (χ0v) is 17.7. The minimum atomic E-state index is -0.0685. The molecule has 0 radical (unpaired) electrons. The van der Waals surface area contributed by atoms with Crippen molar-refractivity contribution in [2.75, 3.05) is 0 Å². The topological polar surface area (TPSA) is 73.6 Å². The fourth-order valence-electron chi connectivity index (χ4n) is 3.70. The van der Waals surface area contributed by atoms with Gasteiger partial charge in [-0.25, -0.2) is 9.67 Å². The maximum absolute atomic E-state index is 11.7. The highest BCUT2D eigenvalue weighted by molar-refractivity contribution is 6.34. The lowest BCUT2D eigenvalue weighted by atomic mass is 10.1. The molecular formula is C24H18ClN5O. The Morgan fingerprint density at radius 1 is 1.03 bits per heavy atom. The van der Waals surface area contributed by atoms with Gasteiger partial charge in [-0.05, 0) is 61.9 Å². The molecule has 0 amide bonds. The molecule has 31 heavy (non-hydrogen) atoms. The molecule has 0 aliphatic heterocycles. The van der Waals surface area contributed by atoms with E-state index in [1.54, 1.807) is 18.3 Å². The molecule has 0 bridgehead atoms. The summed E-state index contributed by atoms with van der Waals surface area (Å²) in [5, 5.41) is 10.1. The van der Waals surface area contributed by atoms with Gasteiger partial charge in [0.2, 0.25) is 0 Å². The summed E-state index contributed by atoms with van der Waals surface area (Å²) >= 11 is 6.30. The first kappa shape index (κ1) is 19.3. The van der Waals surface area contributed by atoms with E-state index in [0.717, 1.165) is 27.7 Å². The largest absolute Gasteiger partial charge is 0.294 e. The zero-order valence-electron chi connectivity index (χ0n) is 17.0. The first-order chi connectivity index (χ1) is 15.0. The number of pyridine rings is 2. The Hall–Kier alpha value is -3.64. The van der Waals surface area contributed by atoms with Crippen LogP contribution in [-0.4, -0.2) is 30.7 Å². The minimum absolute atomic E-state index is 0.0679. The highest BCUT2D eigenvalue weighted by Gasteiger charge is 2.16. The SMILES string of the molecule is CC(=O)c1ccc(-c2ccc3nnn([C@H](C)c4ccc5ncccc5c4)c3n2)cc1Cl. The van der Waals surface area contributed by atoms with Crippen molar-refractivity contribution in [1.82, 2.24) is 25.0 Å². The Morgan fingerprint density at radius 3 is 2.68 bits per heavy atom. The van der Waals surface area contributed by atoms with Gasteiger partial charge in [0.15, 0.2) is 11.4 Å². The number of aromatic nitrogens is 5. The molecule has 1 atom stereocenters. The third kappa shape index (κ3) is 3.45. The summed E-state index contributed by atoms with van der Waals surface area (Å²) in [7, 11) is 0. The van der Waals surface area contributed by atoms with Gasteiger partial charge in [0.05, 0.1) is 22.3 Å². The molecule has 0 aliphatic rings. The van der Waals surface area contributed by atoms with Crippen LogP contribution in [0.15, 0.2) is 66.9 Å². The number of hydrogen-bond donors (Lipinski definition) is 0. The quantitative estimate of drug-likeness (QED) is 0.354. The highest BCUT2D eigenvalue weighted by atomic mass is 35.5. The lowest BCUT2D eigenvalue weighted by molar-refractivity contribution is 0.101. The van der Waals surface area contributed by atoms with Crippen molar-refractivity contribution in [2.45, 2.75) is 19.9 Å². The van der Waals surface area contributed by atoms with Crippen LogP contribution in [0, 0.1) is 0 Å². The smallest absolute Gasteiger partial charge is 0.179 e. The summed E-state index contributed by atoms with van der Waals surface area (Å²) in [5.74, 6) is -0.0679. The average Bonchev–Trinajstić information content (AvgIpc) is 3.21. The van der Waals surface area contributed by atoms with Crippen molar-refractivity contribution in [3.05, 3.63) is 83.0 Å². The molecule has 0 spiro atoms. The summed E-state index contributed by atoms with van der Waals surface area (Å²) in [6.07, 6.45) is 1.79. The number of Topliss-reactive ketones (excluding diaryl/α,β-unsaturated/α-hetero) is 1. The molecule has 0 aliphatic carbocycles. The van der Waals surface area contributed by atoms with Crippen LogP contribution >= 0.6 is 11.6 Å². The molecule has 0 saturated carbocycles. The van der Waals surface area contributed by atoms with Gasteiger partial charge in [-0.3, -0.25) is 9.78 Å². The Morgan fingerprint density at radius 2 is 1.87 bits per heavy atom. The van der Waals surface area contributed by atoms with Gasteiger partial charge in [-0.2, -0.15) is 0 Å². The van der Waals surface area contributed by atoms with Gasteiger partial charge in [0.25, 0.3) is 0 Å². The second kappa shape index (κ2) is 7.56. The summed E-state index contributed by atoms with van der Waals surface area (Å²) in [4.78, 5) is 20.9. The second-order valence-electron chi connectivity index (χ2n) is 7.46. The lowest BCUT2D eigenvalue weighted by Gasteiger charge is -2.13. The van der Waals surface area contributed by atoms with Crippen LogP contribution in [0.2, 0.25) is 5.02 Å². The van der Waals surface area contributed by atoms with E-state index in [1.165, 1.54) is 6.92 Å². The third-order valence-corrected chi connectivity index (χ3v) is 5.75. The van der Waals surface area contributed by atoms with Crippen molar-refractivity contribution >= 4 is 39.5 Å². The van der Waals surface area contributed by atoms with Gasteiger partial charge in [0.1, 0.15) is 5.52 Å². The molecule has 3 aromatic heterocycles. The van der Waals surface area contributed by atoms with Crippen molar-refractivity contribution < 1.29 is 4.79 Å². The molecular weight excluding hydrogens is 410 g/mol. The van der Waals surface area contributed by atoms with Gasteiger partial charge in [-0.1, -0.05) is 35.0 Å². The molecule has 0 N–H and O–H groups in total. The lowest BCUT2D eigenvalue weighted by Crippen LogP contribution is -2.09. The number of ketones is 1. The highest BCUT2D eigenvalue weighted by Crippen LogP contribution is 2.28. The van der Waals surface area contributed by atoms with Crippen LogP contribution in [0.3, 0.4) is 0 Å². The molecule has 0 fully saturated rings. The summed E-state index contributed by atoms with van der Waals surface area (Å²) < 4.78 is 1.82. The van der Waals surface area contributed by atoms with E-state index in [-0.39, 0.29) is 11.8 Å². The van der Waals surface area contributed by atoms with Crippen LogP contribution in [-0.2, 0) is 0 Å². The van der Waals surface area contributed by atoms with Gasteiger partial charge >= 0.3 is 0 Å². The number of nitrogens with zero attached hydrogens (tertiary/aromatic N) is 5. The second-order valence-corrected chi connectivity index (χ2v) is 7.86. The molecule has 5 rings (SSSR count). The fourth-order valence-corrected chi connectivity index (χ4v) is 4.02. The molecule has 0 saturated heterocycles. The van der Waals surface area contributed by atoms with Crippen LogP contribution in [0.1, 0.15) is 35.8 Å². The van der Waals surface area contributed by atoms with Crippen LogP contribution in [0.4, 0.5) is 0 Å². The van der Waals surface area contributed by atoms with E-state index in [9.17, 15) is 4.79 Å². The van der Waals surface area contributed by atoms with Crippen LogP contribution < -0.4 is 0 Å². The Balaban J connectivity index is 1.57. The van der Waals surface area contributed by atoms with E-state index in [1.807, 2.05) is 41.1 Å².